The van der Waals surface area contributed by atoms with Crippen LogP contribution in [0.2, 0.25) is 0 Å². The summed E-state index contributed by atoms with van der Waals surface area (Å²) >= 11 is 0. The standard InChI is InChI=1S/C39H63N11O11/c1-3-22(2)32(36(58)48-28(38(60)61)20-23-11-13-24(51)14-12-23)49-34(56)27(8-4-5-17-40)47-33(55)26(9-6-18-44-39(42)43)46-30(52)21-45-35(57)29-10-7-19-50(29)37(59)25(41)15-16-31(53)54/h11-14,22,25-29,32,51H,3-10,15-21,40-41H2,1-2H3,(H,45,57)(H,46,52)(H,47,55)(H,48,58)(H,49,56)(H,53,54)(H,60,61)(H4,42,43,44)/t22-,25-,26-,27-,28-,29-,32-/m0/s1. The summed E-state index contributed by atoms with van der Waals surface area (Å²) in [5.74, 6) is -7.42. The van der Waals surface area contributed by atoms with E-state index in [4.69, 9.17) is 28.0 Å². The van der Waals surface area contributed by atoms with Crippen molar-refractivity contribution >= 4 is 53.3 Å². The molecule has 16 N–H and O–H groups in total. The van der Waals surface area contributed by atoms with Gasteiger partial charge in [-0.2, -0.15) is 0 Å². The molecule has 1 aliphatic rings. The molecule has 0 bridgehead atoms. The minimum absolute atomic E-state index is 0.00587. The number of aliphatic imine (C=N–C) groups is 1. The number of aromatic hydroxyl groups is 1. The van der Waals surface area contributed by atoms with Crippen LogP contribution in [0.25, 0.3) is 0 Å². The van der Waals surface area contributed by atoms with Gasteiger partial charge < -0.3 is 69.7 Å². The number of phenolic OH excluding ortho intramolecular Hbond substituents is 1. The molecule has 0 unspecified atom stereocenters. The van der Waals surface area contributed by atoms with E-state index in [0.717, 1.165) is 0 Å². The number of aliphatic carboxylic acids is 2. The van der Waals surface area contributed by atoms with Gasteiger partial charge in [0.15, 0.2) is 5.96 Å². The van der Waals surface area contributed by atoms with Crippen LogP contribution in [-0.4, -0.2) is 136 Å². The van der Waals surface area contributed by atoms with Crippen LogP contribution in [0.5, 0.6) is 5.75 Å². The number of nitrogens with two attached hydrogens (primary N) is 4. The number of hydrogen-bond acceptors (Lipinski definition) is 12. The van der Waals surface area contributed by atoms with Gasteiger partial charge in [-0.15, -0.1) is 0 Å². The summed E-state index contributed by atoms with van der Waals surface area (Å²) in [5, 5.41) is 41.3. The molecule has 0 saturated carbocycles. The molecule has 0 aromatic heterocycles. The zero-order valence-corrected chi connectivity index (χ0v) is 34.8. The minimum Gasteiger partial charge on any atom is -0.508 e. The van der Waals surface area contributed by atoms with Crippen molar-refractivity contribution in [2.75, 3.05) is 26.2 Å². The Kier molecular flexibility index (Phi) is 22.0. The average Bonchev–Trinajstić information content (AvgIpc) is 3.71. The van der Waals surface area contributed by atoms with E-state index in [2.05, 4.69) is 31.6 Å². The summed E-state index contributed by atoms with van der Waals surface area (Å²) in [4.78, 5) is 109. The smallest absolute Gasteiger partial charge is 0.326 e. The van der Waals surface area contributed by atoms with Crippen molar-refractivity contribution in [3.8, 4) is 5.75 Å². The number of rotatable bonds is 27. The zero-order chi connectivity index (χ0) is 45.6. The van der Waals surface area contributed by atoms with E-state index >= 15 is 0 Å². The number of likely N-dealkylation sites (tertiary alicyclic amines) is 1. The van der Waals surface area contributed by atoms with Gasteiger partial charge in [-0.05, 0) is 81.5 Å². The summed E-state index contributed by atoms with van der Waals surface area (Å²) in [5.41, 5.74) is 23.0. The van der Waals surface area contributed by atoms with E-state index in [1.54, 1.807) is 13.8 Å². The second-order valence-electron chi connectivity index (χ2n) is 15.0. The fourth-order valence-electron chi connectivity index (χ4n) is 6.54. The Hall–Kier alpha value is -6.03. The fourth-order valence-corrected chi connectivity index (χ4v) is 6.54. The Labute approximate surface area is 354 Å². The van der Waals surface area contributed by atoms with Crippen LogP contribution in [0.4, 0.5) is 0 Å². The normalized spacial score (nSPS) is 16.4. The molecule has 61 heavy (non-hydrogen) atoms. The van der Waals surface area contributed by atoms with Crippen LogP contribution < -0.4 is 49.5 Å². The molecule has 0 spiro atoms. The molecule has 7 atom stereocenters. The van der Waals surface area contributed by atoms with E-state index in [9.17, 15) is 48.6 Å². The first-order chi connectivity index (χ1) is 28.9. The van der Waals surface area contributed by atoms with Crippen LogP contribution in [0.3, 0.4) is 0 Å². The highest BCUT2D eigenvalue weighted by Crippen LogP contribution is 2.19. The van der Waals surface area contributed by atoms with Gasteiger partial charge in [-0.3, -0.25) is 38.6 Å². The highest BCUT2D eigenvalue weighted by atomic mass is 16.4. The molecule has 6 amide bonds. The minimum atomic E-state index is -1.37. The molecule has 1 fully saturated rings. The Morgan fingerprint density at radius 2 is 1.48 bits per heavy atom. The zero-order valence-electron chi connectivity index (χ0n) is 34.8. The highest BCUT2D eigenvalue weighted by molar-refractivity contribution is 5.96. The SMILES string of the molecule is CC[C@H](C)[C@H](NC(=O)[C@H](CCCCN)NC(=O)[C@H](CCCN=C(N)N)NC(=O)CNC(=O)[C@@H]1CCCN1C(=O)[C@@H](N)CCC(=O)O)C(=O)N[C@@H](Cc1ccc(O)cc1)C(=O)O. The molecular formula is C39H63N11O11. The summed E-state index contributed by atoms with van der Waals surface area (Å²) in [6.07, 6.45) is 1.79. The molecule has 2 rings (SSSR count). The van der Waals surface area contributed by atoms with Crippen LogP contribution >= 0.6 is 0 Å². The predicted octanol–water partition coefficient (Wildman–Crippen LogP) is -2.51. The Morgan fingerprint density at radius 1 is 0.852 bits per heavy atom. The summed E-state index contributed by atoms with van der Waals surface area (Å²) in [6, 6.07) is -1.33. The van der Waals surface area contributed by atoms with Crippen molar-refractivity contribution in [1.29, 1.82) is 0 Å². The third-order valence-corrected chi connectivity index (χ3v) is 10.2. The van der Waals surface area contributed by atoms with Gasteiger partial charge in [0, 0.05) is 25.9 Å². The molecule has 22 heteroatoms. The van der Waals surface area contributed by atoms with Gasteiger partial charge in [-0.25, -0.2) is 4.79 Å². The van der Waals surface area contributed by atoms with Crippen LogP contribution in [0.15, 0.2) is 29.3 Å². The van der Waals surface area contributed by atoms with Gasteiger partial charge in [0.2, 0.25) is 35.4 Å². The van der Waals surface area contributed by atoms with E-state index < -0.39 is 96.1 Å². The Bertz CT molecular complexity index is 1690. The predicted molar refractivity (Wildman–Crippen MR) is 222 cm³/mol. The molecule has 1 saturated heterocycles. The number of amides is 6. The summed E-state index contributed by atoms with van der Waals surface area (Å²) in [7, 11) is 0. The Balaban J connectivity index is 2.22. The Morgan fingerprint density at radius 3 is 2.08 bits per heavy atom. The summed E-state index contributed by atoms with van der Waals surface area (Å²) in [6.45, 7) is 3.49. The van der Waals surface area contributed by atoms with Gasteiger partial charge in [0.25, 0.3) is 0 Å². The van der Waals surface area contributed by atoms with Crippen LogP contribution in [-0.2, 0) is 44.8 Å². The highest BCUT2D eigenvalue weighted by Gasteiger charge is 2.37. The van der Waals surface area contributed by atoms with E-state index in [1.807, 2.05) is 0 Å². The lowest BCUT2D eigenvalue weighted by atomic mass is 9.96. The number of carboxylic acids is 2. The monoisotopic (exact) mass is 861 g/mol. The molecule has 0 aliphatic carbocycles. The van der Waals surface area contributed by atoms with Gasteiger partial charge in [0.05, 0.1) is 12.6 Å². The largest absolute Gasteiger partial charge is 0.508 e. The van der Waals surface area contributed by atoms with Crippen molar-refractivity contribution in [2.45, 2.75) is 121 Å². The van der Waals surface area contributed by atoms with Crippen LogP contribution in [0, 0.1) is 5.92 Å². The van der Waals surface area contributed by atoms with Crippen molar-refractivity contribution < 1.29 is 53.7 Å². The molecule has 340 valence electrons. The maximum absolute atomic E-state index is 13.9. The first-order valence-corrected chi connectivity index (χ1v) is 20.4. The number of guanidine groups is 1. The summed E-state index contributed by atoms with van der Waals surface area (Å²) < 4.78 is 0. The molecule has 1 aromatic rings. The number of carbonyl (C=O) groups excluding carboxylic acids is 6. The maximum Gasteiger partial charge on any atom is 0.326 e. The lowest BCUT2D eigenvalue weighted by Crippen LogP contribution is -2.59. The number of nitrogens with zero attached hydrogens (tertiary/aromatic N) is 2. The van der Waals surface area contributed by atoms with E-state index in [0.29, 0.717) is 31.2 Å². The van der Waals surface area contributed by atoms with Crippen molar-refractivity contribution in [3.05, 3.63) is 29.8 Å². The second kappa shape index (κ2) is 26.2. The number of phenols is 1. The second-order valence-corrected chi connectivity index (χ2v) is 15.0. The number of nitrogens with one attached hydrogen (secondary N) is 5. The molecule has 1 aromatic carbocycles. The number of hydrogen-bond donors (Lipinski definition) is 12. The van der Waals surface area contributed by atoms with Crippen LogP contribution in [0.1, 0.15) is 83.6 Å². The molecular weight excluding hydrogens is 798 g/mol. The number of unbranched alkanes of at least 4 members (excludes halogenated alkanes) is 1. The lowest BCUT2D eigenvalue weighted by Gasteiger charge is -2.28. The van der Waals surface area contributed by atoms with Gasteiger partial charge >= 0.3 is 11.9 Å². The third kappa shape index (κ3) is 18.0. The molecule has 0 radical (unpaired) electrons. The van der Waals surface area contributed by atoms with E-state index in [1.165, 1.54) is 29.2 Å². The molecule has 22 nitrogen and oxygen atoms in total. The lowest BCUT2D eigenvalue weighted by molar-refractivity contribution is -0.142. The average molecular weight is 862 g/mol. The quantitative estimate of drug-likeness (QED) is 0.0247. The topological polar surface area (TPSA) is 377 Å². The van der Waals surface area contributed by atoms with Crippen molar-refractivity contribution in [2.24, 2.45) is 33.8 Å². The van der Waals surface area contributed by atoms with Crippen molar-refractivity contribution in [3.63, 3.8) is 0 Å². The van der Waals surface area contributed by atoms with Gasteiger partial charge in [-0.1, -0.05) is 32.4 Å². The van der Waals surface area contributed by atoms with Gasteiger partial charge in [0.1, 0.15) is 36.0 Å². The number of carboxylic acid groups (broad SMARTS) is 2. The number of carbonyl (C=O) groups is 8. The van der Waals surface area contributed by atoms with Crippen molar-refractivity contribution in [1.82, 2.24) is 31.5 Å². The molecule has 1 aliphatic heterocycles. The molecule has 1 heterocycles. The first kappa shape index (κ1) is 51.1. The first-order valence-electron chi connectivity index (χ1n) is 20.4. The third-order valence-electron chi connectivity index (χ3n) is 10.2. The maximum atomic E-state index is 13.9. The fraction of sp³-hybridized carbons (Fsp3) is 0.615. The van der Waals surface area contributed by atoms with E-state index in [-0.39, 0.29) is 76.3 Å². The number of benzene rings is 1.